The highest BCUT2D eigenvalue weighted by Crippen LogP contribution is 2.23. The van der Waals surface area contributed by atoms with Crippen LogP contribution < -0.4 is 0 Å². The van der Waals surface area contributed by atoms with Crippen LogP contribution in [-0.2, 0) is 9.53 Å². The summed E-state index contributed by atoms with van der Waals surface area (Å²) in [4.78, 5) is 23.4. The van der Waals surface area contributed by atoms with Gasteiger partial charge < -0.3 is 4.74 Å². The Morgan fingerprint density at radius 2 is 1.52 bits per heavy atom. The molecular formula is C18H18O3. The Morgan fingerprint density at radius 1 is 0.952 bits per heavy atom. The number of ether oxygens (including phenoxy) is 1. The molecule has 108 valence electrons. The molecule has 21 heavy (non-hydrogen) atoms. The highest BCUT2D eigenvalue weighted by atomic mass is 16.5. The average molecular weight is 282 g/mol. The number of hydrogen-bond donors (Lipinski definition) is 0. The highest BCUT2D eigenvalue weighted by Gasteiger charge is 2.16. The first-order valence-electron chi connectivity index (χ1n) is 6.97. The van der Waals surface area contributed by atoms with Gasteiger partial charge in [0, 0.05) is 18.9 Å². The number of benzene rings is 2. The van der Waals surface area contributed by atoms with Crippen LogP contribution in [0.25, 0.3) is 0 Å². The predicted octanol–water partition coefficient (Wildman–Crippen LogP) is 3.95. The summed E-state index contributed by atoms with van der Waals surface area (Å²) in [5.41, 5.74) is 1.60. The normalized spacial score (nSPS) is 11.7. The van der Waals surface area contributed by atoms with Gasteiger partial charge in [0.2, 0.25) is 0 Å². The number of rotatable bonds is 6. The van der Waals surface area contributed by atoms with Gasteiger partial charge in [-0.15, -0.1) is 0 Å². The first-order valence-corrected chi connectivity index (χ1v) is 6.97. The van der Waals surface area contributed by atoms with Crippen LogP contribution in [0.5, 0.6) is 0 Å². The number of Topliss-reactive ketones (excluding diaryl/α,β-unsaturated/α-hetero) is 1. The molecule has 0 saturated carbocycles. The number of carbonyl (C=O) groups is 2. The Labute approximate surface area is 124 Å². The van der Waals surface area contributed by atoms with Gasteiger partial charge in [-0.3, -0.25) is 9.59 Å². The molecule has 3 nitrogen and oxygen atoms in total. The molecule has 0 amide bonds. The van der Waals surface area contributed by atoms with E-state index in [1.807, 2.05) is 48.5 Å². The second-order valence-corrected chi connectivity index (χ2v) is 4.84. The van der Waals surface area contributed by atoms with Crippen LogP contribution in [0.2, 0.25) is 0 Å². The van der Waals surface area contributed by atoms with E-state index in [9.17, 15) is 9.59 Å². The van der Waals surface area contributed by atoms with Crippen LogP contribution in [0.1, 0.15) is 41.8 Å². The largest absolute Gasteiger partial charge is 0.458 e. The molecule has 2 aromatic carbocycles. The molecule has 2 rings (SSSR count). The van der Waals surface area contributed by atoms with E-state index in [1.165, 1.54) is 6.92 Å². The van der Waals surface area contributed by atoms with Crippen molar-refractivity contribution in [2.24, 2.45) is 0 Å². The van der Waals surface area contributed by atoms with Crippen molar-refractivity contribution in [3.63, 3.8) is 0 Å². The summed E-state index contributed by atoms with van der Waals surface area (Å²) in [7, 11) is 0. The monoisotopic (exact) mass is 282 g/mol. The van der Waals surface area contributed by atoms with Crippen LogP contribution in [0.15, 0.2) is 60.7 Å². The van der Waals surface area contributed by atoms with E-state index in [2.05, 4.69) is 0 Å². The smallest absolute Gasteiger partial charge is 0.303 e. The number of hydrogen-bond acceptors (Lipinski definition) is 3. The lowest BCUT2D eigenvalue weighted by atomic mass is 10.0. The second kappa shape index (κ2) is 7.39. The molecule has 0 aliphatic carbocycles. The summed E-state index contributed by atoms with van der Waals surface area (Å²) in [6, 6.07) is 18.7. The highest BCUT2D eigenvalue weighted by molar-refractivity contribution is 5.96. The fourth-order valence-electron chi connectivity index (χ4n) is 2.19. The van der Waals surface area contributed by atoms with Crippen molar-refractivity contribution in [1.29, 1.82) is 0 Å². The molecule has 0 saturated heterocycles. The van der Waals surface area contributed by atoms with Gasteiger partial charge >= 0.3 is 5.97 Å². The van der Waals surface area contributed by atoms with Crippen molar-refractivity contribution in [2.45, 2.75) is 25.9 Å². The summed E-state index contributed by atoms with van der Waals surface area (Å²) < 4.78 is 5.33. The zero-order chi connectivity index (χ0) is 15.1. The van der Waals surface area contributed by atoms with Gasteiger partial charge in [-0.05, 0) is 12.0 Å². The molecule has 0 unspecified atom stereocenters. The number of ketones is 1. The van der Waals surface area contributed by atoms with Crippen molar-refractivity contribution in [1.82, 2.24) is 0 Å². The first-order chi connectivity index (χ1) is 10.2. The summed E-state index contributed by atoms with van der Waals surface area (Å²) in [5, 5.41) is 0. The zero-order valence-corrected chi connectivity index (χ0v) is 12.0. The lowest BCUT2D eigenvalue weighted by Crippen LogP contribution is -2.11. The standard InChI is InChI=1S/C18H18O3/c1-14(19)21-18(16-10-6-3-7-11-16)13-12-17(20)15-8-4-2-5-9-15/h2-11,18H,12-13H2,1H3/t18-/m1/s1. The molecule has 1 atom stereocenters. The predicted molar refractivity (Wildman–Crippen MR) is 81.0 cm³/mol. The molecule has 0 aliphatic heterocycles. The van der Waals surface area contributed by atoms with E-state index in [1.54, 1.807) is 12.1 Å². The topological polar surface area (TPSA) is 43.4 Å². The molecule has 0 fully saturated rings. The fourth-order valence-corrected chi connectivity index (χ4v) is 2.19. The van der Waals surface area contributed by atoms with Crippen LogP contribution in [0, 0.1) is 0 Å². The second-order valence-electron chi connectivity index (χ2n) is 4.84. The molecular weight excluding hydrogens is 264 g/mol. The van der Waals surface area contributed by atoms with E-state index in [4.69, 9.17) is 4.74 Å². The summed E-state index contributed by atoms with van der Waals surface area (Å²) in [6.07, 6.45) is 0.449. The van der Waals surface area contributed by atoms with Crippen molar-refractivity contribution >= 4 is 11.8 Å². The van der Waals surface area contributed by atoms with Gasteiger partial charge in [0.05, 0.1) is 0 Å². The molecule has 0 N–H and O–H groups in total. The van der Waals surface area contributed by atoms with Gasteiger partial charge in [-0.1, -0.05) is 60.7 Å². The van der Waals surface area contributed by atoms with Gasteiger partial charge in [-0.25, -0.2) is 0 Å². The van der Waals surface area contributed by atoms with E-state index < -0.39 is 0 Å². The Balaban J connectivity index is 2.03. The molecule has 0 aliphatic rings. The lowest BCUT2D eigenvalue weighted by Gasteiger charge is -2.17. The van der Waals surface area contributed by atoms with Crippen molar-refractivity contribution in [3.8, 4) is 0 Å². The van der Waals surface area contributed by atoms with Gasteiger partial charge in [0.1, 0.15) is 6.10 Å². The molecule has 0 bridgehead atoms. The lowest BCUT2D eigenvalue weighted by molar-refractivity contribution is -0.147. The van der Waals surface area contributed by atoms with E-state index in [0.29, 0.717) is 18.4 Å². The Morgan fingerprint density at radius 3 is 2.10 bits per heavy atom. The molecule has 2 aromatic rings. The average Bonchev–Trinajstić information content (AvgIpc) is 2.52. The minimum atomic E-state index is -0.378. The van der Waals surface area contributed by atoms with Gasteiger partial charge in [-0.2, -0.15) is 0 Å². The van der Waals surface area contributed by atoms with Crippen molar-refractivity contribution < 1.29 is 14.3 Å². The maximum Gasteiger partial charge on any atom is 0.303 e. The van der Waals surface area contributed by atoms with E-state index in [0.717, 1.165) is 5.56 Å². The number of esters is 1. The Bertz CT molecular complexity index is 590. The van der Waals surface area contributed by atoms with Crippen LogP contribution in [0.3, 0.4) is 0 Å². The maximum absolute atomic E-state index is 12.1. The Kier molecular flexibility index (Phi) is 5.27. The maximum atomic E-state index is 12.1. The van der Waals surface area contributed by atoms with Crippen LogP contribution >= 0.6 is 0 Å². The van der Waals surface area contributed by atoms with Crippen LogP contribution in [0.4, 0.5) is 0 Å². The van der Waals surface area contributed by atoms with Crippen molar-refractivity contribution in [2.75, 3.05) is 0 Å². The fraction of sp³-hybridized carbons (Fsp3) is 0.222. The molecule has 0 spiro atoms. The SMILES string of the molecule is CC(=O)O[C@H](CCC(=O)c1ccccc1)c1ccccc1. The molecule has 0 heterocycles. The summed E-state index contributed by atoms with van der Waals surface area (Å²) in [5.74, 6) is -0.278. The summed E-state index contributed by atoms with van der Waals surface area (Å²) in [6.45, 7) is 1.38. The minimum absolute atomic E-state index is 0.0590. The Hall–Kier alpha value is -2.42. The van der Waals surface area contributed by atoms with Gasteiger partial charge in [0.25, 0.3) is 0 Å². The third kappa shape index (κ3) is 4.56. The van der Waals surface area contributed by atoms with Gasteiger partial charge in [0.15, 0.2) is 5.78 Å². The molecule has 0 radical (unpaired) electrons. The quantitative estimate of drug-likeness (QED) is 0.595. The zero-order valence-electron chi connectivity index (χ0n) is 12.0. The van der Waals surface area contributed by atoms with E-state index >= 15 is 0 Å². The summed E-state index contributed by atoms with van der Waals surface area (Å²) >= 11 is 0. The number of carbonyl (C=O) groups excluding carboxylic acids is 2. The van der Waals surface area contributed by atoms with Crippen molar-refractivity contribution in [3.05, 3.63) is 71.8 Å². The third-order valence-corrected chi connectivity index (χ3v) is 3.21. The molecule has 3 heteroatoms. The van der Waals surface area contributed by atoms with Crippen LogP contribution in [-0.4, -0.2) is 11.8 Å². The third-order valence-electron chi connectivity index (χ3n) is 3.21. The first kappa shape index (κ1) is 15.0. The minimum Gasteiger partial charge on any atom is -0.458 e. The van der Waals surface area contributed by atoms with E-state index in [-0.39, 0.29) is 17.9 Å². The molecule has 0 aromatic heterocycles.